The fourth-order valence-electron chi connectivity index (χ4n) is 3.37. The van der Waals surface area contributed by atoms with Crippen molar-refractivity contribution >= 4 is 17.5 Å². The van der Waals surface area contributed by atoms with Gasteiger partial charge in [-0.05, 0) is 55.1 Å². The molecule has 0 aliphatic carbocycles. The number of halogens is 1. The van der Waals surface area contributed by atoms with E-state index in [9.17, 15) is 4.79 Å². The number of hydrogen-bond acceptors (Lipinski definition) is 3. The van der Waals surface area contributed by atoms with Gasteiger partial charge in [-0.25, -0.2) is 0 Å². The summed E-state index contributed by atoms with van der Waals surface area (Å²) in [5, 5.41) is 3.77. The molecule has 25 heavy (non-hydrogen) atoms. The van der Waals surface area contributed by atoms with E-state index in [0.29, 0.717) is 19.1 Å². The van der Waals surface area contributed by atoms with Gasteiger partial charge in [-0.3, -0.25) is 14.7 Å². The Balaban J connectivity index is 1.49. The molecule has 132 valence electrons. The van der Waals surface area contributed by atoms with E-state index in [1.54, 1.807) is 6.20 Å². The molecule has 0 spiro atoms. The summed E-state index contributed by atoms with van der Waals surface area (Å²) in [6.07, 6.45) is 7.96. The topological polar surface area (TPSA) is 45.2 Å². The summed E-state index contributed by atoms with van der Waals surface area (Å²) < 4.78 is 0. The highest BCUT2D eigenvalue weighted by molar-refractivity contribution is 6.30. The Morgan fingerprint density at radius 1 is 1.24 bits per heavy atom. The lowest BCUT2D eigenvalue weighted by molar-refractivity contribution is -0.123. The molecule has 1 aliphatic rings. The van der Waals surface area contributed by atoms with Gasteiger partial charge >= 0.3 is 0 Å². The van der Waals surface area contributed by atoms with Crippen LogP contribution in [0.25, 0.3) is 0 Å². The first kappa shape index (κ1) is 17.9. The maximum Gasteiger partial charge on any atom is 0.234 e. The van der Waals surface area contributed by atoms with Crippen LogP contribution in [-0.2, 0) is 11.2 Å². The Labute approximate surface area is 154 Å². The van der Waals surface area contributed by atoms with Crippen LogP contribution >= 0.6 is 11.6 Å². The molecule has 1 fully saturated rings. The van der Waals surface area contributed by atoms with Gasteiger partial charge in [0, 0.05) is 30.0 Å². The van der Waals surface area contributed by atoms with Crippen molar-refractivity contribution in [3.63, 3.8) is 0 Å². The Bertz CT molecular complexity index is 675. The number of rotatable bonds is 6. The molecular formula is C20H24ClN3O. The van der Waals surface area contributed by atoms with E-state index in [1.165, 1.54) is 17.5 Å². The van der Waals surface area contributed by atoms with E-state index in [4.69, 9.17) is 11.6 Å². The summed E-state index contributed by atoms with van der Waals surface area (Å²) in [6, 6.07) is 12.1. The van der Waals surface area contributed by atoms with Crippen molar-refractivity contribution in [1.29, 1.82) is 0 Å². The number of pyridine rings is 1. The molecule has 0 bridgehead atoms. The molecule has 4 nitrogen and oxygen atoms in total. The van der Waals surface area contributed by atoms with Crippen LogP contribution in [0.5, 0.6) is 0 Å². The molecule has 5 heteroatoms. The Kier molecular flexibility index (Phi) is 6.42. The minimum Gasteiger partial charge on any atom is -0.355 e. The molecule has 1 amide bonds. The third-order valence-electron chi connectivity index (χ3n) is 4.68. The predicted molar refractivity (Wildman–Crippen MR) is 101 cm³/mol. The van der Waals surface area contributed by atoms with Gasteiger partial charge in [0.25, 0.3) is 0 Å². The zero-order chi connectivity index (χ0) is 17.5. The van der Waals surface area contributed by atoms with E-state index in [-0.39, 0.29) is 5.91 Å². The molecule has 0 unspecified atom stereocenters. The second-order valence-corrected chi connectivity index (χ2v) is 6.93. The number of piperidine rings is 1. The molecule has 2 heterocycles. The van der Waals surface area contributed by atoms with E-state index >= 15 is 0 Å². The van der Waals surface area contributed by atoms with Crippen molar-refractivity contribution in [3.05, 3.63) is 64.9 Å². The van der Waals surface area contributed by atoms with E-state index in [2.05, 4.69) is 21.3 Å². The van der Waals surface area contributed by atoms with Crippen LogP contribution < -0.4 is 5.32 Å². The average Bonchev–Trinajstić information content (AvgIpc) is 2.64. The second kappa shape index (κ2) is 8.97. The molecule has 3 rings (SSSR count). The molecule has 1 N–H and O–H groups in total. The number of hydrogen-bond donors (Lipinski definition) is 1. The third kappa shape index (κ3) is 5.28. The van der Waals surface area contributed by atoms with Crippen LogP contribution in [0.1, 0.15) is 36.4 Å². The number of carbonyl (C=O) groups is 1. The highest BCUT2D eigenvalue weighted by atomic mass is 35.5. The molecule has 1 aromatic carbocycles. The van der Waals surface area contributed by atoms with Crippen molar-refractivity contribution in [2.75, 3.05) is 19.6 Å². The maximum atomic E-state index is 12.3. The molecular weight excluding hydrogens is 334 g/mol. The number of likely N-dealkylation sites (tertiary alicyclic amines) is 1. The predicted octanol–water partition coefficient (Wildman–Crippen LogP) is 3.62. The first-order chi connectivity index (χ1) is 12.2. The van der Waals surface area contributed by atoms with Crippen LogP contribution in [0.15, 0.2) is 48.8 Å². The van der Waals surface area contributed by atoms with E-state index < -0.39 is 0 Å². The third-order valence-corrected chi connectivity index (χ3v) is 4.93. The van der Waals surface area contributed by atoms with Crippen LogP contribution in [0, 0.1) is 0 Å². The molecule has 1 aliphatic heterocycles. The summed E-state index contributed by atoms with van der Waals surface area (Å²) in [4.78, 5) is 18.8. The van der Waals surface area contributed by atoms with Gasteiger partial charge in [0.2, 0.25) is 5.91 Å². The average molecular weight is 358 g/mol. The normalized spacial score (nSPS) is 18.0. The van der Waals surface area contributed by atoms with Crippen molar-refractivity contribution in [2.45, 2.75) is 31.7 Å². The number of aromatic nitrogens is 1. The number of benzene rings is 1. The summed E-state index contributed by atoms with van der Waals surface area (Å²) in [5.41, 5.74) is 2.38. The molecule has 1 aromatic heterocycles. The Morgan fingerprint density at radius 2 is 2.08 bits per heavy atom. The lowest BCUT2D eigenvalue weighted by Crippen LogP contribution is -2.42. The smallest absolute Gasteiger partial charge is 0.234 e. The fraction of sp³-hybridized carbons (Fsp3) is 0.400. The minimum absolute atomic E-state index is 0.0877. The monoisotopic (exact) mass is 357 g/mol. The van der Waals surface area contributed by atoms with Crippen molar-refractivity contribution < 1.29 is 4.79 Å². The van der Waals surface area contributed by atoms with Crippen LogP contribution in [-0.4, -0.2) is 35.4 Å². The molecule has 1 atom stereocenters. The van der Waals surface area contributed by atoms with E-state index in [0.717, 1.165) is 30.8 Å². The van der Waals surface area contributed by atoms with E-state index in [1.807, 2.05) is 36.5 Å². The zero-order valence-electron chi connectivity index (χ0n) is 14.3. The first-order valence-corrected chi connectivity index (χ1v) is 9.25. The molecule has 0 radical (unpaired) electrons. The highest BCUT2D eigenvalue weighted by Crippen LogP contribution is 2.29. The molecule has 2 aromatic rings. The summed E-state index contributed by atoms with van der Waals surface area (Å²) in [5.74, 6) is 0.0877. The summed E-state index contributed by atoms with van der Waals surface area (Å²) >= 11 is 5.89. The quantitative estimate of drug-likeness (QED) is 0.858. The lowest BCUT2D eigenvalue weighted by Gasteiger charge is -2.35. The molecule has 1 saturated heterocycles. The van der Waals surface area contributed by atoms with Gasteiger partial charge in [0.1, 0.15) is 0 Å². The van der Waals surface area contributed by atoms with Gasteiger partial charge in [-0.2, -0.15) is 0 Å². The molecule has 0 saturated carbocycles. The number of nitrogens with one attached hydrogen (secondary N) is 1. The first-order valence-electron chi connectivity index (χ1n) is 8.87. The number of nitrogens with zero attached hydrogens (tertiary/aromatic N) is 2. The van der Waals surface area contributed by atoms with Crippen molar-refractivity contribution in [2.24, 2.45) is 0 Å². The van der Waals surface area contributed by atoms with Crippen LogP contribution in [0.3, 0.4) is 0 Å². The summed E-state index contributed by atoms with van der Waals surface area (Å²) in [6.45, 7) is 2.05. The lowest BCUT2D eigenvalue weighted by atomic mass is 9.96. The maximum absolute atomic E-state index is 12.3. The Morgan fingerprint density at radius 3 is 2.84 bits per heavy atom. The Hall–Kier alpha value is -1.91. The van der Waals surface area contributed by atoms with Crippen molar-refractivity contribution in [3.8, 4) is 0 Å². The SMILES string of the molecule is O=C(CN1CCCC[C@@H]1c1cccnc1)NCCc1ccc(Cl)cc1. The zero-order valence-corrected chi connectivity index (χ0v) is 15.1. The van der Waals surface area contributed by atoms with Gasteiger partial charge < -0.3 is 5.32 Å². The van der Waals surface area contributed by atoms with Gasteiger partial charge in [-0.15, -0.1) is 0 Å². The fourth-order valence-corrected chi connectivity index (χ4v) is 3.49. The van der Waals surface area contributed by atoms with Crippen LogP contribution in [0.2, 0.25) is 5.02 Å². The van der Waals surface area contributed by atoms with Gasteiger partial charge in [0.15, 0.2) is 0 Å². The van der Waals surface area contributed by atoms with Gasteiger partial charge in [0.05, 0.1) is 6.54 Å². The van der Waals surface area contributed by atoms with Crippen LogP contribution in [0.4, 0.5) is 0 Å². The summed E-state index contributed by atoms with van der Waals surface area (Å²) in [7, 11) is 0. The minimum atomic E-state index is 0.0877. The van der Waals surface area contributed by atoms with Crippen molar-refractivity contribution in [1.82, 2.24) is 15.2 Å². The highest BCUT2D eigenvalue weighted by Gasteiger charge is 2.25. The second-order valence-electron chi connectivity index (χ2n) is 6.49. The number of amides is 1. The number of carbonyl (C=O) groups excluding carboxylic acids is 1. The van der Waals surface area contributed by atoms with Gasteiger partial charge in [-0.1, -0.05) is 36.2 Å². The largest absolute Gasteiger partial charge is 0.355 e. The standard InChI is InChI=1S/C20H24ClN3O/c21-18-8-6-16(7-9-18)10-12-23-20(25)15-24-13-2-1-5-19(24)17-4-3-11-22-14-17/h3-4,6-9,11,14,19H,1-2,5,10,12-13,15H2,(H,23,25)/t19-/m1/s1.